The first-order chi connectivity index (χ1) is 6.07. The van der Waals surface area contributed by atoms with Gasteiger partial charge in [0.1, 0.15) is 10.7 Å². The van der Waals surface area contributed by atoms with Gasteiger partial charge >= 0.3 is 0 Å². The third kappa shape index (κ3) is 1.80. The van der Waals surface area contributed by atoms with Gasteiger partial charge in [-0.25, -0.2) is 18.2 Å². The maximum absolute atomic E-state index is 13.0. The summed E-state index contributed by atoms with van der Waals surface area (Å²) >= 11 is 2.65. The Morgan fingerprint density at radius 2 is 2.15 bits per heavy atom. The van der Waals surface area contributed by atoms with Crippen molar-refractivity contribution in [3.8, 4) is 6.07 Å². The minimum absolute atomic E-state index is 0.318. The highest BCUT2D eigenvalue weighted by atomic mass is 79.9. The highest BCUT2D eigenvalue weighted by molar-refractivity contribution is 9.10. The molecule has 0 bridgehead atoms. The molecule has 0 spiro atoms. The van der Waals surface area contributed by atoms with Gasteiger partial charge in [0.25, 0.3) is 6.43 Å². The molecule has 1 heterocycles. The molecule has 1 aromatic heterocycles. The number of rotatable bonds is 1. The molecule has 13 heavy (non-hydrogen) atoms. The molecule has 0 aliphatic heterocycles. The first-order valence-electron chi connectivity index (χ1n) is 3.10. The summed E-state index contributed by atoms with van der Waals surface area (Å²) in [6.45, 7) is 0. The minimum Gasteiger partial charge on any atom is -0.245 e. The SMILES string of the molecule is N#Cc1cnc(Br)c(F)c1C(F)F. The highest BCUT2D eigenvalue weighted by Gasteiger charge is 2.21. The molecular weight excluding hydrogens is 249 g/mol. The van der Waals surface area contributed by atoms with Crippen LogP contribution >= 0.6 is 15.9 Å². The van der Waals surface area contributed by atoms with E-state index in [9.17, 15) is 13.2 Å². The van der Waals surface area contributed by atoms with Gasteiger partial charge in [-0.05, 0) is 15.9 Å². The molecule has 0 saturated carbocycles. The zero-order valence-corrected chi connectivity index (χ0v) is 7.65. The Morgan fingerprint density at radius 3 is 2.62 bits per heavy atom. The van der Waals surface area contributed by atoms with E-state index in [0.29, 0.717) is 0 Å². The molecule has 1 aromatic rings. The number of hydrogen-bond acceptors (Lipinski definition) is 2. The molecule has 0 N–H and O–H groups in total. The third-order valence-electron chi connectivity index (χ3n) is 1.35. The molecule has 0 amide bonds. The number of alkyl halides is 2. The molecule has 0 atom stereocenters. The summed E-state index contributed by atoms with van der Waals surface area (Å²) in [6, 6.07) is 1.44. The van der Waals surface area contributed by atoms with Crippen molar-refractivity contribution >= 4 is 15.9 Å². The fourth-order valence-electron chi connectivity index (χ4n) is 0.779. The molecule has 0 saturated heterocycles. The summed E-state index contributed by atoms with van der Waals surface area (Å²) in [7, 11) is 0. The average Bonchev–Trinajstić information content (AvgIpc) is 2.08. The van der Waals surface area contributed by atoms with Gasteiger partial charge in [-0.3, -0.25) is 0 Å². The van der Waals surface area contributed by atoms with Crippen molar-refractivity contribution in [2.24, 2.45) is 0 Å². The van der Waals surface area contributed by atoms with Crippen LogP contribution in [0.1, 0.15) is 17.6 Å². The fourth-order valence-corrected chi connectivity index (χ4v) is 1.10. The Kier molecular flexibility index (Phi) is 2.88. The van der Waals surface area contributed by atoms with Crippen LogP contribution in [0.3, 0.4) is 0 Å². The van der Waals surface area contributed by atoms with E-state index in [4.69, 9.17) is 5.26 Å². The molecule has 0 unspecified atom stereocenters. The van der Waals surface area contributed by atoms with E-state index in [1.165, 1.54) is 6.07 Å². The second-order valence-electron chi connectivity index (χ2n) is 2.10. The summed E-state index contributed by atoms with van der Waals surface area (Å²) in [5.41, 5.74) is -1.36. The zero-order chi connectivity index (χ0) is 10.0. The fraction of sp³-hybridized carbons (Fsp3) is 0.143. The lowest BCUT2D eigenvalue weighted by Gasteiger charge is -2.04. The monoisotopic (exact) mass is 250 g/mol. The standard InChI is InChI=1S/C7H2BrF3N2/c8-6-5(9)4(7(10)11)3(1-12)2-13-6/h2,7H. The van der Waals surface area contributed by atoms with E-state index >= 15 is 0 Å². The smallest absolute Gasteiger partial charge is 0.245 e. The van der Waals surface area contributed by atoms with E-state index in [0.717, 1.165) is 6.20 Å². The van der Waals surface area contributed by atoms with Crippen LogP contribution in [0.2, 0.25) is 0 Å². The van der Waals surface area contributed by atoms with Crippen molar-refractivity contribution < 1.29 is 13.2 Å². The van der Waals surface area contributed by atoms with E-state index in [1.807, 2.05) is 0 Å². The Morgan fingerprint density at radius 1 is 1.54 bits per heavy atom. The van der Waals surface area contributed by atoms with Gasteiger partial charge < -0.3 is 0 Å². The van der Waals surface area contributed by atoms with E-state index in [2.05, 4.69) is 20.9 Å². The van der Waals surface area contributed by atoms with Crippen LogP contribution in [0.5, 0.6) is 0 Å². The molecule has 0 radical (unpaired) electrons. The molecule has 68 valence electrons. The molecule has 0 aliphatic rings. The normalized spacial score (nSPS) is 10.2. The van der Waals surface area contributed by atoms with Gasteiger partial charge in [-0.15, -0.1) is 0 Å². The van der Waals surface area contributed by atoms with E-state index in [-0.39, 0.29) is 4.60 Å². The summed E-state index contributed by atoms with van der Waals surface area (Å²) < 4.78 is 37.1. The number of nitrogens with zero attached hydrogens (tertiary/aromatic N) is 2. The second-order valence-corrected chi connectivity index (χ2v) is 2.85. The van der Waals surface area contributed by atoms with Crippen LogP contribution in [0, 0.1) is 17.1 Å². The second kappa shape index (κ2) is 3.75. The van der Waals surface area contributed by atoms with Crippen LogP contribution < -0.4 is 0 Å². The van der Waals surface area contributed by atoms with Crippen molar-refractivity contribution in [3.63, 3.8) is 0 Å². The van der Waals surface area contributed by atoms with Gasteiger partial charge in [-0.1, -0.05) is 0 Å². The first-order valence-corrected chi connectivity index (χ1v) is 3.89. The molecular formula is C7H2BrF3N2. The number of nitriles is 1. The van der Waals surface area contributed by atoms with E-state index in [1.54, 1.807) is 0 Å². The zero-order valence-electron chi connectivity index (χ0n) is 6.06. The predicted octanol–water partition coefficient (Wildman–Crippen LogP) is 2.79. The topological polar surface area (TPSA) is 36.7 Å². The van der Waals surface area contributed by atoms with Crippen molar-refractivity contribution in [2.45, 2.75) is 6.43 Å². The molecule has 1 rings (SSSR count). The highest BCUT2D eigenvalue weighted by Crippen LogP contribution is 2.28. The van der Waals surface area contributed by atoms with Gasteiger partial charge in [0.05, 0.1) is 11.1 Å². The van der Waals surface area contributed by atoms with Crippen LogP contribution in [0.15, 0.2) is 10.8 Å². The summed E-state index contributed by atoms with van der Waals surface area (Å²) in [5, 5.41) is 8.38. The van der Waals surface area contributed by atoms with Crippen LogP contribution in [0.4, 0.5) is 13.2 Å². The Hall–Kier alpha value is -1.09. The van der Waals surface area contributed by atoms with Crippen molar-refractivity contribution in [3.05, 3.63) is 27.7 Å². The lowest BCUT2D eigenvalue weighted by atomic mass is 10.1. The number of pyridine rings is 1. The number of halogens is 4. The Labute approximate surface area is 80.1 Å². The maximum Gasteiger partial charge on any atom is 0.268 e. The molecule has 0 fully saturated rings. The molecule has 0 aromatic carbocycles. The Bertz CT molecular complexity index is 373. The van der Waals surface area contributed by atoms with Gasteiger partial charge in [0.15, 0.2) is 5.82 Å². The molecule has 0 aliphatic carbocycles. The van der Waals surface area contributed by atoms with Gasteiger partial charge in [0, 0.05) is 6.20 Å². The average molecular weight is 251 g/mol. The number of hydrogen-bond donors (Lipinski definition) is 0. The first kappa shape index (κ1) is 9.99. The molecule has 2 nitrogen and oxygen atoms in total. The summed E-state index contributed by atoms with van der Waals surface area (Å²) in [5.74, 6) is -1.19. The largest absolute Gasteiger partial charge is 0.268 e. The maximum atomic E-state index is 13.0. The quantitative estimate of drug-likeness (QED) is 0.719. The lowest BCUT2D eigenvalue weighted by Crippen LogP contribution is -1.98. The van der Waals surface area contributed by atoms with Crippen LogP contribution in [-0.2, 0) is 0 Å². The molecule has 6 heteroatoms. The van der Waals surface area contributed by atoms with Crippen LogP contribution in [0.25, 0.3) is 0 Å². The predicted molar refractivity (Wildman–Crippen MR) is 41.6 cm³/mol. The lowest BCUT2D eigenvalue weighted by molar-refractivity contribution is 0.145. The minimum atomic E-state index is -3.02. The summed E-state index contributed by atoms with van der Waals surface area (Å²) in [4.78, 5) is 3.38. The number of aromatic nitrogens is 1. The Balaban J connectivity index is 3.43. The van der Waals surface area contributed by atoms with Crippen LogP contribution in [-0.4, -0.2) is 4.98 Å². The van der Waals surface area contributed by atoms with Crippen molar-refractivity contribution in [2.75, 3.05) is 0 Å². The van der Waals surface area contributed by atoms with Crippen molar-refractivity contribution in [1.29, 1.82) is 5.26 Å². The van der Waals surface area contributed by atoms with Gasteiger partial charge in [-0.2, -0.15) is 5.26 Å². The third-order valence-corrected chi connectivity index (χ3v) is 1.91. The van der Waals surface area contributed by atoms with E-state index < -0.39 is 23.4 Å². The van der Waals surface area contributed by atoms with Crippen molar-refractivity contribution in [1.82, 2.24) is 4.98 Å². The summed E-state index contributed by atoms with van der Waals surface area (Å²) in [6.07, 6.45) is -2.12. The van der Waals surface area contributed by atoms with Gasteiger partial charge in [0.2, 0.25) is 0 Å².